The molecule has 1 aromatic carbocycles. The SMILES string of the molecule is CNC1CCCN(S(=O)(=O)N2CCCC2)c2ccccc21. The van der Waals surface area contributed by atoms with E-state index in [1.165, 1.54) is 0 Å². The first-order valence-corrected chi connectivity index (χ1v) is 9.08. The van der Waals surface area contributed by atoms with Gasteiger partial charge in [0, 0.05) is 25.7 Å². The lowest BCUT2D eigenvalue weighted by molar-refractivity contribution is 0.472. The Bertz CT molecular complexity index is 597. The number of hydrogen-bond donors (Lipinski definition) is 1. The maximum absolute atomic E-state index is 12.9. The average Bonchev–Trinajstić information content (AvgIpc) is 2.96. The maximum Gasteiger partial charge on any atom is 0.304 e. The molecule has 21 heavy (non-hydrogen) atoms. The third kappa shape index (κ3) is 2.67. The summed E-state index contributed by atoms with van der Waals surface area (Å²) >= 11 is 0. The lowest BCUT2D eigenvalue weighted by Gasteiger charge is -2.29. The fourth-order valence-corrected chi connectivity index (χ4v) is 5.10. The van der Waals surface area contributed by atoms with Gasteiger partial charge in [-0.15, -0.1) is 0 Å². The van der Waals surface area contributed by atoms with E-state index in [1.54, 1.807) is 8.61 Å². The highest BCUT2D eigenvalue weighted by molar-refractivity contribution is 7.90. The van der Waals surface area contributed by atoms with Gasteiger partial charge in [0.05, 0.1) is 5.69 Å². The number of fused-ring (bicyclic) bond motifs is 1. The molecule has 0 aromatic heterocycles. The van der Waals surface area contributed by atoms with Crippen LogP contribution in [0.1, 0.15) is 37.3 Å². The van der Waals surface area contributed by atoms with Crippen LogP contribution in [0.5, 0.6) is 0 Å². The van der Waals surface area contributed by atoms with E-state index in [-0.39, 0.29) is 6.04 Å². The zero-order valence-corrected chi connectivity index (χ0v) is 13.3. The normalized spacial score (nSPS) is 23.9. The first-order chi connectivity index (χ1) is 10.1. The van der Waals surface area contributed by atoms with Crippen LogP contribution in [0.2, 0.25) is 0 Å². The van der Waals surface area contributed by atoms with Crippen LogP contribution in [-0.2, 0) is 10.2 Å². The molecule has 1 unspecified atom stereocenters. The van der Waals surface area contributed by atoms with E-state index in [0.717, 1.165) is 36.9 Å². The monoisotopic (exact) mass is 309 g/mol. The Morgan fingerprint density at radius 2 is 1.81 bits per heavy atom. The second kappa shape index (κ2) is 5.94. The van der Waals surface area contributed by atoms with Crippen molar-refractivity contribution in [1.29, 1.82) is 0 Å². The summed E-state index contributed by atoms with van der Waals surface area (Å²) in [5, 5.41) is 3.31. The van der Waals surface area contributed by atoms with Crippen molar-refractivity contribution in [2.45, 2.75) is 31.7 Å². The lowest BCUT2D eigenvalue weighted by atomic mass is 10.0. The molecule has 0 amide bonds. The van der Waals surface area contributed by atoms with Gasteiger partial charge >= 0.3 is 10.2 Å². The molecular weight excluding hydrogens is 286 g/mol. The smallest absolute Gasteiger partial charge is 0.304 e. The minimum atomic E-state index is -3.39. The van der Waals surface area contributed by atoms with Crippen LogP contribution in [0.3, 0.4) is 0 Å². The Morgan fingerprint density at radius 1 is 1.10 bits per heavy atom. The number of hydrogen-bond acceptors (Lipinski definition) is 3. The van der Waals surface area contributed by atoms with Crippen LogP contribution in [0.4, 0.5) is 5.69 Å². The summed E-state index contributed by atoms with van der Waals surface area (Å²) in [6, 6.07) is 8.09. The first-order valence-electron chi connectivity index (χ1n) is 7.68. The Morgan fingerprint density at radius 3 is 2.52 bits per heavy atom. The summed E-state index contributed by atoms with van der Waals surface area (Å²) in [7, 11) is -1.45. The van der Waals surface area contributed by atoms with Gasteiger partial charge in [-0.05, 0) is 44.4 Å². The molecule has 5 nitrogen and oxygen atoms in total. The molecule has 0 spiro atoms. The van der Waals surface area contributed by atoms with Crippen LogP contribution in [0.15, 0.2) is 24.3 Å². The Balaban J connectivity index is 2.02. The summed E-state index contributed by atoms with van der Waals surface area (Å²) in [6.45, 7) is 1.86. The molecule has 2 aliphatic rings. The van der Waals surface area contributed by atoms with Gasteiger partial charge in [-0.25, -0.2) is 0 Å². The molecule has 2 aliphatic heterocycles. The molecule has 0 radical (unpaired) electrons. The van der Waals surface area contributed by atoms with Gasteiger partial charge in [0.1, 0.15) is 0 Å². The summed E-state index contributed by atoms with van der Waals surface area (Å²) in [5.41, 5.74) is 1.92. The number of para-hydroxylation sites is 1. The minimum absolute atomic E-state index is 0.222. The van der Waals surface area contributed by atoms with Crippen LogP contribution in [-0.4, -0.2) is 39.4 Å². The average molecular weight is 309 g/mol. The predicted molar refractivity (Wildman–Crippen MR) is 84.5 cm³/mol. The highest BCUT2D eigenvalue weighted by Gasteiger charge is 2.34. The van der Waals surface area contributed by atoms with E-state index in [0.29, 0.717) is 19.6 Å². The third-order valence-electron chi connectivity index (χ3n) is 4.45. The lowest BCUT2D eigenvalue weighted by Crippen LogP contribution is -2.43. The maximum atomic E-state index is 12.9. The van der Waals surface area contributed by atoms with E-state index in [2.05, 4.69) is 5.32 Å². The Labute approximate surface area is 127 Å². The molecule has 116 valence electrons. The topological polar surface area (TPSA) is 52.7 Å². The van der Waals surface area contributed by atoms with Gasteiger partial charge in [-0.1, -0.05) is 18.2 Å². The van der Waals surface area contributed by atoms with Crippen LogP contribution >= 0.6 is 0 Å². The first kappa shape index (κ1) is 14.8. The molecule has 0 aliphatic carbocycles. The fraction of sp³-hybridized carbons (Fsp3) is 0.600. The van der Waals surface area contributed by atoms with Crippen molar-refractivity contribution in [3.05, 3.63) is 29.8 Å². The van der Waals surface area contributed by atoms with Gasteiger partial charge in [-0.3, -0.25) is 4.31 Å². The molecule has 2 heterocycles. The van der Waals surface area contributed by atoms with Crippen LogP contribution in [0.25, 0.3) is 0 Å². The molecule has 0 bridgehead atoms. The van der Waals surface area contributed by atoms with Crippen molar-refractivity contribution in [1.82, 2.24) is 9.62 Å². The molecule has 3 rings (SSSR count). The molecule has 1 aromatic rings. The molecule has 1 N–H and O–H groups in total. The number of rotatable bonds is 3. The quantitative estimate of drug-likeness (QED) is 0.927. The third-order valence-corrected chi connectivity index (χ3v) is 6.41. The number of anilines is 1. The van der Waals surface area contributed by atoms with Crippen LogP contribution in [0, 0.1) is 0 Å². The van der Waals surface area contributed by atoms with Crippen molar-refractivity contribution in [2.75, 3.05) is 31.0 Å². The molecule has 1 atom stereocenters. The zero-order valence-electron chi connectivity index (χ0n) is 12.5. The second-order valence-corrected chi connectivity index (χ2v) is 7.58. The summed E-state index contributed by atoms with van der Waals surface area (Å²) in [5.74, 6) is 0. The minimum Gasteiger partial charge on any atom is -0.313 e. The molecule has 1 saturated heterocycles. The number of nitrogens with zero attached hydrogens (tertiary/aromatic N) is 2. The highest BCUT2D eigenvalue weighted by Crippen LogP contribution is 2.35. The zero-order chi connectivity index (χ0) is 14.9. The van der Waals surface area contributed by atoms with Crippen molar-refractivity contribution >= 4 is 15.9 Å². The van der Waals surface area contributed by atoms with Gasteiger partial charge in [0.2, 0.25) is 0 Å². The van der Waals surface area contributed by atoms with Crippen molar-refractivity contribution in [3.8, 4) is 0 Å². The predicted octanol–water partition coefficient (Wildman–Crippen LogP) is 1.89. The van der Waals surface area contributed by atoms with Gasteiger partial charge in [-0.2, -0.15) is 12.7 Å². The van der Waals surface area contributed by atoms with Crippen molar-refractivity contribution < 1.29 is 8.42 Å². The number of nitrogens with one attached hydrogen (secondary N) is 1. The second-order valence-electron chi connectivity index (χ2n) is 5.73. The molecule has 0 saturated carbocycles. The molecule has 6 heteroatoms. The van der Waals surface area contributed by atoms with E-state index >= 15 is 0 Å². The van der Waals surface area contributed by atoms with Crippen LogP contribution < -0.4 is 9.62 Å². The van der Waals surface area contributed by atoms with E-state index in [1.807, 2.05) is 31.3 Å². The van der Waals surface area contributed by atoms with E-state index in [9.17, 15) is 8.42 Å². The Kier molecular flexibility index (Phi) is 4.19. The number of benzene rings is 1. The Hall–Kier alpha value is -1.11. The van der Waals surface area contributed by atoms with Gasteiger partial charge in [0.25, 0.3) is 0 Å². The highest BCUT2D eigenvalue weighted by atomic mass is 32.2. The standard InChI is InChI=1S/C15H23N3O2S/c1-16-14-8-6-12-18(15-9-3-2-7-13(14)15)21(19,20)17-10-4-5-11-17/h2-3,7,9,14,16H,4-6,8,10-12H2,1H3. The summed E-state index contributed by atoms with van der Waals surface area (Å²) < 4.78 is 29.1. The van der Waals surface area contributed by atoms with Crippen molar-refractivity contribution in [3.63, 3.8) is 0 Å². The summed E-state index contributed by atoms with van der Waals surface area (Å²) in [4.78, 5) is 0. The van der Waals surface area contributed by atoms with E-state index < -0.39 is 10.2 Å². The summed E-state index contributed by atoms with van der Waals surface area (Å²) in [6.07, 6.45) is 3.76. The van der Waals surface area contributed by atoms with E-state index in [4.69, 9.17) is 0 Å². The van der Waals surface area contributed by atoms with Gasteiger partial charge in [0.15, 0.2) is 0 Å². The molecular formula is C15H23N3O2S. The van der Waals surface area contributed by atoms with Gasteiger partial charge < -0.3 is 5.32 Å². The van der Waals surface area contributed by atoms with Crippen molar-refractivity contribution in [2.24, 2.45) is 0 Å². The fourth-order valence-electron chi connectivity index (χ4n) is 3.32. The largest absolute Gasteiger partial charge is 0.313 e. The molecule has 1 fully saturated rings.